The van der Waals surface area contributed by atoms with E-state index in [0.717, 1.165) is 19.3 Å². The van der Waals surface area contributed by atoms with Crippen LogP contribution in [0.1, 0.15) is 19.3 Å². The summed E-state index contributed by atoms with van der Waals surface area (Å²) in [5.41, 5.74) is 0.367. The van der Waals surface area contributed by atoms with E-state index >= 15 is 0 Å². The quantitative estimate of drug-likeness (QED) is 0.761. The van der Waals surface area contributed by atoms with Crippen LogP contribution in [-0.2, 0) is 24.3 Å². The predicted molar refractivity (Wildman–Crippen MR) is 100 cm³/mol. The molecule has 9 heteroatoms. The van der Waals surface area contributed by atoms with Gasteiger partial charge in [-0.05, 0) is 49.3 Å². The number of hydrogen-bond donors (Lipinski definition) is 2. The highest BCUT2D eigenvalue weighted by Gasteiger charge is 2.54. The lowest BCUT2D eigenvalue weighted by atomic mass is 9.78. The summed E-state index contributed by atoms with van der Waals surface area (Å²) in [6.45, 7) is 1.31. The number of hydrogen-bond acceptors (Lipinski definition) is 5. The minimum atomic E-state index is -3.66. The van der Waals surface area contributed by atoms with Crippen molar-refractivity contribution in [3.05, 3.63) is 24.3 Å². The van der Waals surface area contributed by atoms with Crippen molar-refractivity contribution in [2.75, 3.05) is 31.6 Å². The molecule has 1 aliphatic heterocycles. The summed E-state index contributed by atoms with van der Waals surface area (Å²) in [5, 5.41) is 12.3. The number of fused-ring (bicyclic) bond motifs is 2. The van der Waals surface area contributed by atoms with Crippen LogP contribution in [0.25, 0.3) is 0 Å². The molecule has 2 saturated carbocycles. The molecule has 1 heterocycles. The average Bonchev–Trinajstić information content (AvgIpc) is 3.30. The Morgan fingerprint density at radius 3 is 2.46 bits per heavy atom. The summed E-state index contributed by atoms with van der Waals surface area (Å²) in [5.74, 6) is -2.32. The molecule has 2 aliphatic carbocycles. The van der Waals surface area contributed by atoms with Crippen molar-refractivity contribution < 1.29 is 27.9 Å². The zero-order valence-corrected chi connectivity index (χ0v) is 16.2. The maximum atomic E-state index is 12.8. The normalized spacial score (nSPS) is 30.3. The fourth-order valence-corrected chi connectivity index (χ4v) is 6.37. The molecule has 8 nitrogen and oxygen atoms in total. The molecule has 2 N–H and O–H groups in total. The number of rotatable bonds is 5. The van der Waals surface area contributed by atoms with Crippen LogP contribution in [0.4, 0.5) is 5.69 Å². The van der Waals surface area contributed by atoms with E-state index in [4.69, 9.17) is 4.74 Å². The Labute approximate surface area is 163 Å². The molecule has 4 rings (SSSR count). The maximum Gasteiger partial charge on any atom is 0.307 e. The van der Waals surface area contributed by atoms with Crippen molar-refractivity contribution >= 4 is 27.6 Å². The van der Waals surface area contributed by atoms with Crippen LogP contribution in [0.2, 0.25) is 0 Å². The Kier molecular flexibility index (Phi) is 5.15. The van der Waals surface area contributed by atoms with Gasteiger partial charge in [0.1, 0.15) is 0 Å². The van der Waals surface area contributed by atoms with Crippen molar-refractivity contribution in [1.29, 1.82) is 0 Å². The summed E-state index contributed by atoms with van der Waals surface area (Å²) < 4.78 is 32.2. The number of carboxylic acid groups (broad SMARTS) is 1. The van der Waals surface area contributed by atoms with Crippen molar-refractivity contribution in [2.24, 2.45) is 23.7 Å². The number of carbonyl (C=O) groups excluding carboxylic acids is 1. The monoisotopic (exact) mass is 408 g/mol. The van der Waals surface area contributed by atoms with E-state index < -0.39 is 27.8 Å². The highest BCUT2D eigenvalue weighted by Crippen LogP contribution is 2.52. The van der Waals surface area contributed by atoms with Gasteiger partial charge in [-0.25, -0.2) is 8.42 Å². The van der Waals surface area contributed by atoms with Gasteiger partial charge in [0, 0.05) is 18.8 Å². The topological polar surface area (TPSA) is 113 Å². The van der Waals surface area contributed by atoms with Crippen molar-refractivity contribution in [3.8, 4) is 0 Å². The molecule has 3 aliphatic rings. The highest BCUT2D eigenvalue weighted by atomic mass is 32.2. The van der Waals surface area contributed by atoms with E-state index in [1.54, 1.807) is 12.1 Å². The minimum Gasteiger partial charge on any atom is -0.481 e. The minimum absolute atomic E-state index is 0.0614. The zero-order valence-electron chi connectivity index (χ0n) is 15.4. The molecule has 0 aromatic heterocycles. The lowest BCUT2D eigenvalue weighted by molar-refractivity contribution is -0.148. The van der Waals surface area contributed by atoms with Gasteiger partial charge in [0.15, 0.2) is 0 Å². The Hall–Kier alpha value is -1.97. The molecular weight excluding hydrogens is 384 g/mol. The van der Waals surface area contributed by atoms with Crippen LogP contribution in [-0.4, -0.2) is 56.0 Å². The van der Waals surface area contributed by atoms with Gasteiger partial charge in [-0.3, -0.25) is 9.59 Å². The van der Waals surface area contributed by atoms with Crippen LogP contribution in [0, 0.1) is 23.7 Å². The smallest absolute Gasteiger partial charge is 0.307 e. The van der Waals surface area contributed by atoms with Gasteiger partial charge >= 0.3 is 5.97 Å². The molecule has 0 spiro atoms. The summed E-state index contributed by atoms with van der Waals surface area (Å²) in [4.78, 5) is 24.6. The van der Waals surface area contributed by atoms with Crippen LogP contribution in [0.5, 0.6) is 0 Å². The number of aliphatic carboxylic acids is 1. The number of ether oxygens (including phenoxy) is 1. The average molecular weight is 408 g/mol. The number of carbonyl (C=O) groups is 2. The molecule has 1 aromatic carbocycles. The van der Waals surface area contributed by atoms with Gasteiger partial charge in [-0.15, -0.1) is 0 Å². The molecule has 1 amide bonds. The maximum absolute atomic E-state index is 12.8. The zero-order chi connectivity index (χ0) is 19.9. The van der Waals surface area contributed by atoms with Crippen molar-refractivity contribution in [2.45, 2.75) is 24.2 Å². The lowest BCUT2D eigenvalue weighted by Crippen LogP contribution is -2.40. The van der Waals surface area contributed by atoms with Crippen LogP contribution in [0.15, 0.2) is 29.2 Å². The fraction of sp³-hybridized carbons (Fsp3) is 0.579. The van der Waals surface area contributed by atoms with Gasteiger partial charge in [-0.1, -0.05) is 6.07 Å². The SMILES string of the molecule is O=C(Nc1cccc(S(=O)(=O)N2CCOCC2)c1)[C@@H]1[C@H]2CC[C@@H](C2)[C@@H]1C(=O)O. The first kappa shape index (κ1) is 19.4. The molecular formula is C19H24N2O6S. The number of sulfonamides is 1. The molecule has 4 atom stereocenters. The van der Waals surface area contributed by atoms with E-state index in [-0.39, 0.29) is 22.6 Å². The third-order valence-electron chi connectivity index (χ3n) is 6.21. The number of nitrogens with one attached hydrogen (secondary N) is 1. The number of benzene rings is 1. The second-order valence-corrected chi connectivity index (χ2v) is 9.69. The summed E-state index contributed by atoms with van der Waals surface area (Å²) in [6, 6.07) is 6.14. The molecule has 2 bridgehead atoms. The van der Waals surface area contributed by atoms with Gasteiger partial charge < -0.3 is 15.2 Å². The number of carboxylic acids is 1. The number of amides is 1. The molecule has 0 radical (unpaired) electrons. The van der Waals surface area contributed by atoms with Crippen LogP contribution in [0.3, 0.4) is 0 Å². The van der Waals surface area contributed by atoms with Crippen LogP contribution >= 0.6 is 0 Å². The second-order valence-electron chi connectivity index (χ2n) is 7.76. The standard InChI is InChI=1S/C19H24N2O6S/c22-18(16-12-4-5-13(10-12)17(16)19(23)24)20-14-2-1-3-15(11-14)28(25,26)21-6-8-27-9-7-21/h1-3,11-13,16-17H,4-10H2,(H,20,22)(H,23,24)/t12-,13-,16+,17-/m0/s1. The fourth-order valence-electron chi connectivity index (χ4n) is 4.92. The Morgan fingerprint density at radius 1 is 1.11 bits per heavy atom. The van der Waals surface area contributed by atoms with Gasteiger partial charge in [0.25, 0.3) is 0 Å². The highest BCUT2D eigenvalue weighted by molar-refractivity contribution is 7.89. The second kappa shape index (κ2) is 7.46. The molecule has 152 valence electrons. The number of anilines is 1. The van der Waals surface area contributed by atoms with Crippen LogP contribution < -0.4 is 5.32 Å². The molecule has 1 aromatic rings. The van der Waals surface area contributed by atoms with Gasteiger partial charge in [0.2, 0.25) is 15.9 Å². The predicted octanol–water partition coefficient (Wildman–Crippen LogP) is 1.39. The Morgan fingerprint density at radius 2 is 1.79 bits per heavy atom. The van der Waals surface area contributed by atoms with E-state index in [1.165, 1.54) is 16.4 Å². The molecule has 0 unspecified atom stereocenters. The van der Waals surface area contributed by atoms with E-state index in [1.807, 2.05) is 0 Å². The van der Waals surface area contributed by atoms with E-state index in [9.17, 15) is 23.1 Å². The third kappa shape index (κ3) is 3.42. The first-order valence-electron chi connectivity index (χ1n) is 9.59. The van der Waals surface area contributed by atoms with Gasteiger partial charge in [0.05, 0.1) is 29.9 Å². The molecule has 28 heavy (non-hydrogen) atoms. The largest absolute Gasteiger partial charge is 0.481 e. The Balaban J connectivity index is 1.52. The Bertz CT molecular complexity index is 880. The first-order chi connectivity index (χ1) is 13.4. The summed E-state index contributed by atoms with van der Waals surface area (Å²) in [6.07, 6.45) is 2.51. The van der Waals surface area contributed by atoms with E-state index in [0.29, 0.717) is 32.0 Å². The number of morpholine rings is 1. The molecule has 3 fully saturated rings. The van der Waals surface area contributed by atoms with Crippen molar-refractivity contribution in [3.63, 3.8) is 0 Å². The van der Waals surface area contributed by atoms with E-state index in [2.05, 4.69) is 5.32 Å². The molecule has 1 saturated heterocycles. The third-order valence-corrected chi connectivity index (χ3v) is 8.11. The number of nitrogens with zero attached hydrogens (tertiary/aromatic N) is 1. The van der Waals surface area contributed by atoms with Gasteiger partial charge in [-0.2, -0.15) is 4.31 Å². The van der Waals surface area contributed by atoms with Crippen molar-refractivity contribution in [1.82, 2.24) is 4.31 Å². The summed E-state index contributed by atoms with van der Waals surface area (Å²) >= 11 is 0. The lowest BCUT2D eigenvalue weighted by Gasteiger charge is -2.27. The summed E-state index contributed by atoms with van der Waals surface area (Å²) in [7, 11) is -3.66. The first-order valence-corrected chi connectivity index (χ1v) is 11.0.